The van der Waals surface area contributed by atoms with Crippen molar-refractivity contribution in [1.82, 2.24) is 10.6 Å². The van der Waals surface area contributed by atoms with Crippen LogP contribution in [0.2, 0.25) is 0 Å². The Morgan fingerprint density at radius 1 is 1.04 bits per heavy atom. The van der Waals surface area contributed by atoms with Crippen LogP contribution in [-0.4, -0.2) is 26.1 Å². The summed E-state index contributed by atoms with van der Waals surface area (Å²) in [6.45, 7) is 1.17. The average Bonchev–Trinajstić information content (AvgIpc) is 3.01. The fourth-order valence-corrected chi connectivity index (χ4v) is 2.77. The zero-order chi connectivity index (χ0) is 15.8. The molecule has 126 valence electrons. The number of benzene rings is 1. The first-order chi connectivity index (χ1) is 10.7. The quantitative estimate of drug-likeness (QED) is 0.400. The maximum Gasteiger partial charge on any atom is 0.190 e. The number of guanidine groups is 1. The molecule has 0 radical (unpaired) electrons. The molecule has 7 heteroatoms. The summed E-state index contributed by atoms with van der Waals surface area (Å²) in [5, 5.41) is 8.29. The van der Waals surface area contributed by atoms with Gasteiger partial charge in [0.25, 0.3) is 0 Å². The molecule has 0 saturated heterocycles. The van der Waals surface area contributed by atoms with Crippen LogP contribution in [0.15, 0.2) is 40.7 Å². The summed E-state index contributed by atoms with van der Waals surface area (Å²) >= 11 is 1.72. The molecule has 2 aromatic rings. The normalized spacial score (nSPS) is 11.0. The molecule has 0 atom stereocenters. The Morgan fingerprint density at radius 3 is 2.26 bits per heavy atom. The van der Waals surface area contributed by atoms with Crippen LogP contribution in [0.3, 0.4) is 0 Å². The summed E-state index contributed by atoms with van der Waals surface area (Å²) < 4.78 is 27.0. The molecule has 1 aromatic heterocycles. The summed E-state index contributed by atoms with van der Waals surface area (Å²) in [5.41, 5.74) is 0.101. The molecule has 0 saturated carbocycles. The lowest BCUT2D eigenvalue weighted by molar-refractivity contribution is 0.553. The maximum atomic E-state index is 13.5. The van der Waals surface area contributed by atoms with Crippen LogP contribution in [0.5, 0.6) is 0 Å². The third-order valence-corrected chi connectivity index (χ3v) is 4.13. The van der Waals surface area contributed by atoms with Crippen molar-refractivity contribution in [3.8, 4) is 0 Å². The van der Waals surface area contributed by atoms with Crippen molar-refractivity contribution in [3.05, 3.63) is 57.8 Å². The largest absolute Gasteiger partial charge is 0.356 e. The van der Waals surface area contributed by atoms with Crippen LogP contribution in [0.4, 0.5) is 8.78 Å². The second-order valence-electron chi connectivity index (χ2n) is 4.71. The molecular weight excluding hydrogens is 431 g/mol. The highest BCUT2D eigenvalue weighted by atomic mass is 127. The Labute approximate surface area is 156 Å². The van der Waals surface area contributed by atoms with E-state index in [-0.39, 0.29) is 36.0 Å². The van der Waals surface area contributed by atoms with Crippen LogP contribution >= 0.6 is 35.3 Å². The Balaban J connectivity index is 0.00000264. The molecule has 1 aromatic carbocycles. The van der Waals surface area contributed by atoms with Gasteiger partial charge in [-0.15, -0.1) is 35.3 Å². The van der Waals surface area contributed by atoms with E-state index in [0.29, 0.717) is 12.5 Å². The van der Waals surface area contributed by atoms with Crippen molar-refractivity contribution in [2.45, 2.75) is 12.8 Å². The number of aliphatic imine (C=N–C) groups is 1. The summed E-state index contributed by atoms with van der Waals surface area (Å²) in [6, 6.07) is 8.02. The van der Waals surface area contributed by atoms with Gasteiger partial charge in [0, 0.05) is 30.6 Å². The monoisotopic (exact) mass is 451 g/mol. The van der Waals surface area contributed by atoms with Crippen LogP contribution in [0.25, 0.3) is 0 Å². The molecule has 0 aliphatic carbocycles. The Kier molecular flexibility index (Phi) is 9.08. The minimum atomic E-state index is -0.512. The van der Waals surface area contributed by atoms with Crippen molar-refractivity contribution < 1.29 is 8.78 Å². The smallest absolute Gasteiger partial charge is 0.190 e. The minimum absolute atomic E-state index is 0. The van der Waals surface area contributed by atoms with E-state index in [1.165, 1.54) is 23.1 Å². The molecule has 2 rings (SSSR count). The van der Waals surface area contributed by atoms with Crippen LogP contribution in [-0.2, 0) is 12.8 Å². The van der Waals surface area contributed by atoms with Crippen LogP contribution in [0.1, 0.15) is 10.4 Å². The Bertz CT molecular complexity index is 598. The predicted molar refractivity (Wildman–Crippen MR) is 103 cm³/mol. The van der Waals surface area contributed by atoms with Crippen molar-refractivity contribution >= 4 is 41.3 Å². The zero-order valence-corrected chi connectivity index (χ0v) is 16.0. The second kappa shape index (κ2) is 10.5. The van der Waals surface area contributed by atoms with E-state index in [2.05, 4.69) is 21.7 Å². The lowest BCUT2D eigenvalue weighted by atomic mass is 10.1. The molecule has 0 unspecified atom stereocenters. The van der Waals surface area contributed by atoms with Gasteiger partial charge in [-0.1, -0.05) is 12.1 Å². The molecule has 0 spiro atoms. The van der Waals surface area contributed by atoms with Gasteiger partial charge >= 0.3 is 0 Å². The molecule has 3 nitrogen and oxygen atoms in total. The van der Waals surface area contributed by atoms with E-state index < -0.39 is 11.6 Å². The van der Waals surface area contributed by atoms with E-state index in [4.69, 9.17) is 0 Å². The highest BCUT2D eigenvalue weighted by Crippen LogP contribution is 2.12. The molecule has 0 aliphatic heterocycles. The number of hydrogen-bond acceptors (Lipinski definition) is 2. The molecule has 0 fully saturated rings. The molecule has 0 amide bonds. The first-order valence-corrected chi connectivity index (χ1v) is 7.98. The Hall–Kier alpha value is -1.22. The fraction of sp³-hybridized carbons (Fsp3) is 0.312. The van der Waals surface area contributed by atoms with Crippen LogP contribution in [0, 0.1) is 11.6 Å². The lowest BCUT2D eigenvalue weighted by Crippen LogP contribution is -2.39. The van der Waals surface area contributed by atoms with Crippen LogP contribution < -0.4 is 10.6 Å². The molecule has 2 N–H and O–H groups in total. The van der Waals surface area contributed by atoms with Gasteiger partial charge in [0.05, 0.1) is 0 Å². The van der Waals surface area contributed by atoms with Gasteiger partial charge in [-0.25, -0.2) is 8.78 Å². The SMILES string of the molecule is CN=C(NCCc1cccs1)NCCc1c(F)cccc1F.I. The number of hydrogen-bond donors (Lipinski definition) is 2. The topological polar surface area (TPSA) is 36.4 Å². The van der Waals surface area contributed by atoms with Gasteiger partial charge in [-0.3, -0.25) is 4.99 Å². The minimum Gasteiger partial charge on any atom is -0.356 e. The van der Waals surface area contributed by atoms with Gasteiger partial charge in [-0.2, -0.15) is 0 Å². The van der Waals surface area contributed by atoms with E-state index in [1.54, 1.807) is 18.4 Å². The van der Waals surface area contributed by atoms with Crippen molar-refractivity contribution in [2.75, 3.05) is 20.1 Å². The molecule has 1 heterocycles. The lowest BCUT2D eigenvalue weighted by Gasteiger charge is -2.12. The second-order valence-corrected chi connectivity index (χ2v) is 5.74. The molecule has 0 aliphatic rings. The number of nitrogens with zero attached hydrogens (tertiary/aromatic N) is 1. The highest BCUT2D eigenvalue weighted by Gasteiger charge is 2.08. The van der Waals surface area contributed by atoms with E-state index >= 15 is 0 Å². The van der Waals surface area contributed by atoms with Gasteiger partial charge in [0.15, 0.2) is 5.96 Å². The first-order valence-electron chi connectivity index (χ1n) is 7.10. The van der Waals surface area contributed by atoms with E-state index in [9.17, 15) is 8.78 Å². The third-order valence-electron chi connectivity index (χ3n) is 3.20. The van der Waals surface area contributed by atoms with Gasteiger partial charge in [-0.05, 0) is 36.4 Å². The zero-order valence-electron chi connectivity index (χ0n) is 12.8. The standard InChI is InChI=1S/C16H19F2N3S.HI/c1-19-16(20-9-7-12-4-3-11-22-12)21-10-8-13-14(17)5-2-6-15(13)18;/h2-6,11H,7-10H2,1H3,(H2,19,20,21);1H. The van der Waals surface area contributed by atoms with Gasteiger partial charge in [0.1, 0.15) is 11.6 Å². The first kappa shape index (κ1) is 19.8. The summed E-state index contributed by atoms with van der Waals surface area (Å²) in [7, 11) is 1.67. The van der Waals surface area contributed by atoms with E-state index in [0.717, 1.165) is 13.0 Å². The summed E-state index contributed by atoms with van der Waals surface area (Å²) in [5.74, 6) is -0.391. The van der Waals surface area contributed by atoms with Crippen molar-refractivity contribution in [2.24, 2.45) is 4.99 Å². The maximum absolute atomic E-state index is 13.5. The Morgan fingerprint density at radius 2 is 1.70 bits per heavy atom. The fourth-order valence-electron chi connectivity index (χ4n) is 2.06. The predicted octanol–water partition coefficient (Wildman–Crippen LogP) is 3.59. The molecule has 23 heavy (non-hydrogen) atoms. The van der Waals surface area contributed by atoms with Gasteiger partial charge < -0.3 is 10.6 Å². The highest BCUT2D eigenvalue weighted by molar-refractivity contribution is 14.0. The average molecular weight is 451 g/mol. The van der Waals surface area contributed by atoms with Crippen molar-refractivity contribution in [1.29, 1.82) is 0 Å². The summed E-state index contributed by atoms with van der Waals surface area (Å²) in [4.78, 5) is 5.40. The molecular formula is C16H20F2IN3S. The van der Waals surface area contributed by atoms with Gasteiger partial charge in [0.2, 0.25) is 0 Å². The number of rotatable bonds is 6. The summed E-state index contributed by atoms with van der Waals surface area (Å²) in [6.07, 6.45) is 1.18. The van der Waals surface area contributed by atoms with Crippen molar-refractivity contribution in [3.63, 3.8) is 0 Å². The molecule has 0 bridgehead atoms. The van der Waals surface area contributed by atoms with E-state index in [1.807, 2.05) is 11.4 Å². The number of halogens is 3. The number of nitrogens with one attached hydrogen (secondary N) is 2. The number of thiophene rings is 1. The third kappa shape index (κ3) is 6.42.